The number of thioether (sulfide) groups is 1. The maximum absolute atomic E-state index is 13.0. The fourth-order valence-electron chi connectivity index (χ4n) is 2.64. The van der Waals surface area contributed by atoms with E-state index < -0.39 is 0 Å². The second-order valence-corrected chi connectivity index (χ2v) is 6.34. The third-order valence-electron chi connectivity index (χ3n) is 3.95. The number of nitrogens with zero attached hydrogens (tertiary/aromatic N) is 5. The number of carbonyl (C=O) groups excluding carboxylic acids is 1. The van der Waals surface area contributed by atoms with Crippen LogP contribution in [0.1, 0.15) is 11.1 Å². The largest absolute Gasteiger partial charge is 0.344 e. The maximum atomic E-state index is 13.0. The summed E-state index contributed by atoms with van der Waals surface area (Å²) >= 11 is 1.39. The van der Waals surface area contributed by atoms with Crippen molar-refractivity contribution in [3.05, 3.63) is 47.4 Å². The lowest BCUT2D eigenvalue weighted by Crippen LogP contribution is -2.50. The van der Waals surface area contributed by atoms with Gasteiger partial charge in [0.15, 0.2) is 11.0 Å². The Morgan fingerprint density at radius 3 is 2.72 bits per heavy atom. The minimum absolute atomic E-state index is 0.0521. The van der Waals surface area contributed by atoms with Gasteiger partial charge in [-0.25, -0.2) is 14.4 Å². The molecule has 0 radical (unpaired) electrons. The van der Waals surface area contributed by atoms with Gasteiger partial charge in [0.1, 0.15) is 17.4 Å². The van der Waals surface area contributed by atoms with Crippen LogP contribution in [0.5, 0.6) is 0 Å². The minimum atomic E-state index is -0.294. The Morgan fingerprint density at radius 1 is 1.32 bits per heavy atom. The van der Waals surface area contributed by atoms with E-state index in [0.29, 0.717) is 36.2 Å². The van der Waals surface area contributed by atoms with Crippen LogP contribution in [0.15, 0.2) is 35.6 Å². The summed E-state index contributed by atoms with van der Waals surface area (Å²) in [7, 11) is 0. The second kappa shape index (κ2) is 7.49. The van der Waals surface area contributed by atoms with Gasteiger partial charge in [-0.2, -0.15) is 5.26 Å². The molecule has 1 aliphatic heterocycles. The van der Waals surface area contributed by atoms with Gasteiger partial charge >= 0.3 is 0 Å². The number of aromatic nitrogens is 2. The van der Waals surface area contributed by atoms with Crippen molar-refractivity contribution in [3.63, 3.8) is 0 Å². The van der Waals surface area contributed by atoms with E-state index in [9.17, 15) is 14.4 Å². The summed E-state index contributed by atoms with van der Waals surface area (Å²) in [6.45, 7) is 1.69. The molecule has 0 unspecified atom stereocenters. The van der Waals surface area contributed by atoms with Crippen molar-refractivity contribution in [3.8, 4) is 6.07 Å². The van der Waals surface area contributed by atoms with Gasteiger partial charge in [-0.15, -0.1) is 0 Å². The van der Waals surface area contributed by atoms with Crippen LogP contribution in [0, 0.1) is 17.1 Å². The number of anilines is 1. The van der Waals surface area contributed by atoms with Gasteiger partial charge in [0, 0.05) is 19.6 Å². The molecular formula is C17H16FN5OS. The van der Waals surface area contributed by atoms with Gasteiger partial charge in [0.2, 0.25) is 5.91 Å². The lowest BCUT2D eigenvalue weighted by atomic mass is 10.2. The summed E-state index contributed by atoms with van der Waals surface area (Å²) in [5, 5.41) is 9.82. The number of hydrogen-bond donors (Lipinski definition) is 0. The van der Waals surface area contributed by atoms with Crippen molar-refractivity contribution in [2.45, 2.75) is 11.7 Å². The first-order valence-corrected chi connectivity index (χ1v) is 8.91. The molecule has 1 aromatic heterocycles. The molecule has 1 aliphatic rings. The number of piperazine rings is 1. The Morgan fingerprint density at radius 2 is 2.08 bits per heavy atom. The van der Waals surface area contributed by atoms with Crippen LogP contribution in [0.4, 0.5) is 10.2 Å². The van der Waals surface area contributed by atoms with Crippen molar-refractivity contribution < 1.29 is 9.18 Å². The van der Waals surface area contributed by atoms with E-state index in [4.69, 9.17) is 0 Å². The first-order valence-electron chi connectivity index (χ1n) is 7.69. The molecule has 25 heavy (non-hydrogen) atoms. The van der Waals surface area contributed by atoms with Crippen molar-refractivity contribution >= 4 is 23.5 Å². The molecule has 0 bridgehead atoms. The highest BCUT2D eigenvalue weighted by Gasteiger charge is 2.26. The first-order chi connectivity index (χ1) is 12.1. The smallest absolute Gasteiger partial charge is 0.242 e. The number of hydrogen-bond acceptors (Lipinski definition) is 6. The highest BCUT2D eigenvalue weighted by atomic mass is 32.2. The fraction of sp³-hybridized carbons (Fsp3) is 0.294. The molecule has 3 rings (SSSR count). The molecule has 2 aromatic rings. The molecule has 1 fully saturated rings. The Hall–Kier alpha value is -2.66. The van der Waals surface area contributed by atoms with E-state index in [-0.39, 0.29) is 18.3 Å². The lowest BCUT2D eigenvalue weighted by molar-refractivity contribution is -0.131. The molecule has 0 atom stereocenters. The van der Waals surface area contributed by atoms with E-state index in [1.165, 1.54) is 30.1 Å². The summed E-state index contributed by atoms with van der Waals surface area (Å²) in [4.78, 5) is 24.5. The number of nitriles is 1. The van der Waals surface area contributed by atoms with Crippen molar-refractivity contribution in [2.75, 3.05) is 30.8 Å². The van der Waals surface area contributed by atoms with E-state index in [1.54, 1.807) is 17.0 Å². The predicted octanol–water partition coefficient (Wildman–Crippen LogP) is 2.06. The Balaban J connectivity index is 1.72. The van der Waals surface area contributed by atoms with Crippen molar-refractivity contribution in [1.29, 1.82) is 5.26 Å². The van der Waals surface area contributed by atoms with Gasteiger partial charge < -0.3 is 9.80 Å². The van der Waals surface area contributed by atoms with Gasteiger partial charge in [-0.1, -0.05) is 23.9 Å². The number of amides is 1. The second-order valence-electron chi connectivity index (χ2n) is 5.57. The average Bonchev–Trinajstić information content (AvgIpc) is 2.64. The highest BCUT2D eigenvalue weighted by molar-refractivity contribution is 7.98. The Bertz CT molecular complexity index is 821. The van der Waals surface area contributed by atoms with Gasteiger partial charge in [0.05, 0.1) is 12.7 Å². The third-order valence-corrected chi connectivity index (χ3v) is 4.52. The molecule has 0 aliphatic carbocycles. The number of halogens is 1. The van der Waals surface area contributed by atoms with Gasteiger partial charge in [-0.05, 0) is 24.0 Å². The third kappa shape index (κ3) is 3.88. The van der Waals surface area contributed by atoms with Crippen LogP contribution in [-0.4, -0.2) is 46.7 Å². The van der Waals surface area contributed by atoms with E-state index in [2.05, 4.69) is 16.0 Å². The molecule has 1 saturated heterocycles. The minimum Gasteiger partial charge on any atom is -0.344 e. The van der Waals surface area contributed by atoms with Crippen LogP contribution in [0.25, 0.3) is 0 Å². The zero-order valence-corrected chi connectivity index (χ0v) is 14.5. The molecular weight excluding hydrogens is 341 g/mol. The van der Waals surface area contributed by atoms with E-state index in [0.717, 1.165) is 5.56 Å². The fourth-order valence-corrected chi connectivity index (χ4v) is 2.98. The monoisotopic (exact) mass is 357 g/mol. The van der Waals surface area contributed by atoms with Crippen molar-refractivity contribution in [1.82, 2.24) is 14.9 Å². The van der Waals surface area contributed by atoms with Crippen molar-refractivity contribution in [2.24, 2.45) is 0 Å². The Labute approximate surface area is 149 Å². The molecule has 0 spiro atoms. The molecule has 1 aromatic carbocycles. The van der Waals surface area contributed by atoms with E-state index >= 15 is 0 Å². The normalized spacial score (nSPS) is 14.5. The summed E-state index contributed by atoms with van der Waals surface area (Å²) in [5.41, 5.74) is 1.24. The lowest BCUT2D eigenvalue weighted by Gasteiger charge is -2.35. The van der Waals surface area contributed by atoms with Crippen LogP contribution in [0.2, 0.25) is 0 Å². The predicted molar refractivity (Wildman–Crippen MR) is 92.6 cm³/mol. The van der Waals surface area contributed by atoms with E-state index in [1.807, 2.05) is 11.2 Å². The quantitative estimate of drug-likeness (QED) is 0.616. The molecule has 2 heterocycles. The van der Waals surface area contributed by atoms with Crippen LogP contribution in [-0.2, 0) is 11.3 Å². The van der Waals surface area contributed by atoms with Crippen LogP contribution < -0.4 is 4.90 Å². The Kier molecular flexibility index (Phi) is 5.14. The molecule has 0 N–H and O–H groups in total. The van der Waals surface area contributed by atoms with Gasteiger partial charge in [0.25, 0.3) is 0 Å². The maximum Gasteiger partial charge on any atom is 0.242 e. The zero-order valence-electron chi connectivity index (χ0n) is 13.6. The highest BCUT2D eigenvalue weighted by Crippen LogP contribution is 2.22. The molecule has 1 amide bonds. The summed E-state index contributed by atoms with van der Waals surface area (Å²) in [6.07, 6.45) is 3.35. The number of benzene rings is 1. The molecule has 8 heteroatoms. The van der Waals surface area contributed by atoms with Crippen LogP contribution >= 0.6 is 11.8 Å². The standard InChI is InChI=1S/C17H16FN5OS/c1-25-17-20-9-13(8-19)16(21-17)23-7-6-22(15(24)11-23)10-12-2-4-14(18)5-3-12/h2-5,9H,6-7,10-11H2,1H3. The SMILES string of the molecule is CSc1ncc(C#N)c(N2CCN(Cc3ccc(F)cc3)C(=O)C2)n1. The first kappa shape index (κ1) is 17.2. The molecule has 6 nitrogen and oxygen atoms in total. The summed E-state index contributed by atoms with van der Waals surface area (Å²) < 4.78 is 13.0. The molecule has 128 valence electrons. The summed E-state index contributed by atoms with van der Waals surface area (Å²) in [6, 6.07) is 8.21. The zero-order chi connectivity index (χ0) is 17.8. The number of rotatable bonds is 4. The van der Waals surface area contributed by atoms with Crippen LogP contribution in [0.3, 0.4) is 0 Å². The topological polar surface area (TPSA) is 73.1 Å². The average molecular weight is 357 g/mol. The summed E-state index contributed by atoms with van der Waals surface area (Å²) in [5.74, 6) is 0.151. The molecule has 0 saturated carbocycles. The van der Waals surface area contributed by atoms with Gasteiger partial charge in [-0.3, -0.25) is 4.79 Å². The number of carbonyl (C=O) groups is 1.